The fourth-order valence-corrected chi connectivity index (χ4v) is 3.68. The zero-order chi connectivity index (χ0) is 21.3. The van der Waals surface area contributed by atoms with Crippen LogP contribution in [0, 0.1) is 6.92 Å². The first-order chi connectivity index (χ1) is 14.4. The first-order valence-electron chi connectivity index (χ1n) is 9.51. The van der Waals surface area contributed by atoms with Crippen molar-refractivity contribution in [3.8, 4) is 0 Å². The van der Waals surface area contributed by atoms with E-state index in [4.69, 9.17) is 11.6 Å². The second-order valence-corrected chi connectivity index (χ2v) is 7.72. The number of hydrogen-bond donors (Lipinski definition) is 1. The summed E-state index contributed by atoms with van der Waals surface area (Å²) in [6.07, 6.45) is 0.133. The minimum atomic E-state index is -0.387. The Morgan fingerprint density at radius 3 is 2.47 bits per heavy atom. The number of amides is 3. The summed E-state index contributed by atoms with van der Waals surface area (Å²) in [6.45, 7) is 2.08. The minimum absolute atomic E-state index is 0.133. The van der Waals surface area contributed by atoms with Gasteiger partial charge < -0.3 is 5.32 Å². The van der Waals surface area contributed by atoms with Gasteiger partial charge in [0, 0.05) is 21.8 Å². The lowest BCUT2D eigenvalue weighted by atomic mass is 9.97. The number of benzene rings is 3. The average molecular weight is 419 g/mol. The van der Waals surface area contributed by atoms with Crippen LogP contribution >= 0.6 is 11.6 Å². The Balaban J connectivity index is 1.55. The van der Waals surface area contributed by atoms with E-state index >= 15 is 0 Å². The number of anilines is 1. The predicted molar refractivity (Wildman–Crippen MR) is 116 cm³/mol. The van der Waals surface area contributed by atoms with Crippen LogP contribution in [0.4, 0.5) is 5.69 Å². The summed E-state index contributed by atoms with van der Waals surface area (Å²) < 4.78 is 0. The highest BCUT2D eigenvalue weighted by molar-refractivity contribution is 6.31. The van der Waals surface area contributed by atoms with E-state index in [0.717, 1.165) is 16.7 Å². The molecule has 0 saturated heterocycles. The van der Waals surface area contributed by atoms with Crippen molar-refractivity contribution >= 4 is 35.0 Å². The highest BCUT2D eigenvalue weighted by atomic mass is 35.5. The van der Waals surface area contributed by atoms with Crippen molar-refractivity contribution < 1.29 is 14.4 Å². The molecule has 0 fully saturated rings. The van der Waals surface area contributed by atoms with E-state index in [1.54, 1.807) is 36.4 Å². The first kappa shape index (κ1) is 19.9. The van der Waals surface area contributed by atoms with Crippen LogP contribution in [0.15, 0.2) is 66.7 Å². The Morgan fingerprint density at radius 2 is 1.70 bits per heavy atom. The van der Waals surface area contributed by atoms with Crippen molar-refractivity contribution in [2.75, 3.05) is 5.32 Å². The standard InChI is InChI=1S/C24H19ClN2O3/c1-15-4-2-5-17(10-15)23(29)26-21-9-8-16-13-22(28)27(14-19(16)12-21)24(30)18-6-3-7-20(25)11-18/h2-12H,13-14H2,1H3,(H,26,29). The molecule has 30 heavy (non-hydrogen) atoms. The molecule has 0 bridgehead atoms. The van der Waals surface area contributed by atoms with Gasteiger partial charge in [0.05, 0.1) is 13.0 Å². The van der Waals surface area contributed by atoms with Crippen LogP contribution in [-0.2, 0) is 17.8 Å². The Bertz CT molecular complexity index is 1170. The second kappa shape index (κ2) is 8.13. The minimum Gasteiger partial charge on any atom is -0.322 e. The van der Waals surface area contributed by atoms with Crippen molar-refractivity contribution in [1.29, 1.82) is 0 Å². The van der Waals surface area contributed by atoms with Crippen LogP contribution in [0.25, 0.3) is 0 Å². The van der Waals surface area contributed by atoms with E-state index in [1.807, 2.05) is 37.3 Å². The van der Waals surface area contributed by atoms with Gasteiger partial charge in [0.15, 0.2) is 0 Å². The molecule has 0 radical (unpaired) electrons. The van der Waals surface area contributed by atoms with E-state index < -0.39 is 0 Å². The van der Waals surface area contributed by atoms with E-state index in [1.165, 1.54) is 4.90 Å². The number of hydrogen-bond acceptors (Lipinski definition) is 3. The SMILES string of the molecule is Cc1cccc(C(=O)Nc2ccc3c(c2)CN(C(=O)c2cccc(Cl)c2)C(=O)C3)c1. The van der Waals surface area contributed by atoms with Crippen molar-refractivity contribution in [3.63, 3.8) is 0 Å². The summed E-state index contributed by atoms with van der Waals surface area (Å²) >= 11 is 5.98. The maximum atomic E-state index is 12.8. The molecule has 3 amide bonds. The lowest BCUT2D eigenvalue weighted by Gasteiger charge is -2.27. The lowest BCUT2D eigenvalue weighted by molar-refractivity contribution is -0.129. The number of aryl methyl sites for hydroxylation is 1. The highest BCUT2D eigenvalue weighted by Gasteiger charge is 2.29. The second-order valence-electron chi connectivity index (χ2n) is 7.28. The highest BCUT2D eigenvalue weighted by Crippen LogP contribution is 2.25. The zero-order valence-corrected chi connectivity index (χ0v) is 17.1. The van der Waals surface area contributed by atoms with E-state index in [9.17, 15) is 14.4 Å². The summed E-state index contributed by atoms with van der Waals surface area (Å²) in [5, 5.41) is 3.32. The molecule has 0 unspecified atom stereocenters. The number of carbonyl (C=O) groups excluding carboxylic acids is 3. The van der Waals surface area contributed by atoms with Crippen LogP contribution in [0.2, 0.25) is 5.02 Å². The monoisotopic (exact) mass is 418 g/mol. The first-order valence-corrected chi connectivity index (χ1v) is 9.88. The number of fused-ring (bicyclic) bond motifs is 1. The number of rotatable bonds is 3. The normalized spacial score (nSPS) is 13.0. The summed E-state index contributed by atoms with van der Waals surface area (Å²) in [7, 11) is 0. The molecule has 0 saturated carbocycles. The van der Waals surface area contributed by atoms with Crippen LogP contribution < -0.4 is 5.32 Å². The fourth-order valence-electron chi connectivity index (χ4n) is 3.49. The maximum Gasteiger partial charge on any atom is 0.260 e. The molecular weight excluding hydrogens is 400 g/mol. The number of imide groups is 1. The third-order valence-electron chi connectivity index (χ3n) is 5.03. The Kier molecular flexibility index (Phi) is 5.38. The number of carbonyl (C=O) groups is 3. The third-order valence-corrected chi connectivity index (χ3v) is 5.27. The summed E-state index contributed by atoms with van der Waals surface area (Å²) in [6, 6.07) is 19.3. The molecule has 0 aromatic heterocycles. The Hall–Kier alpha value is -3.44. The van der Waals surface area contributed by atoms with Gasteiger partial charge in [-0.3, -0.25) is 19.3 Å². The Morgan fingerprint density at radius 1 is 0.933 bits per heavy atom. The van der Waals surface area contributed by atoms with Crippen LogP contribution in [0.1, 0.15) is 37.4 Å². The lowest BCUT2D eigenvalue weighted by Crippen LogP contribution is -2.40. The van der Waals surface area contributed by atoms with Gasteiger partial charge in [-0.2, -0.15) is 0 Å². The molecule has 0 atom stereocenters. The number of nitrogens with zero attached hydrogens (tertiary/aromatic N) is 1. The molecule has 1 aliphatic rings. The summed E-state index contributed by atoms with van der Waals surface area (Å²) in [4.78, 5) is 39.1. The van der Waals surface area contributed by atoms with Gasteiger partial charge in [0.25, 0.3) is 11.8 Å². The molecule has 1 N–H and O–H groups in total. The smallest absolute Gasteiger partial charge is 0.260 e. The van der Waals surface area contributed by atoms with Crippen LogP contribution in [0.3, 0.4) is 0 Å². The van der Waals surface area contributed by atoms with Crippen molar-refractivity contribution in [3.05, 3.63) is 99.6 Å². The van der Waals surface area contributed by atoms with E-state index in [2.05, 4.69) is 5.32 Å². The Labute approximate surface area is 179 Å². The largest absolute Gasteiger partial charge is 0.322 e. The van der Waals surface area contributed by atoms with Gasteiger partial charge in [-0.15, -0.1) is 0 Å². The molecule has 1 aliphatic heterocycles. The molecule has 3 aromatic carbocycles. The predicted octanol–water partition coefficient (Wildman–Crippen LogP) is 4.63. The van der Waals surface area contributed by atoms with Crippen LogP contribution in [0.5, 0.6) is 0 Å². The number of nitrogens with one attached hydrogen (secondary N) is 1. The van der Waals surface area contributed by atoms with Crippen molar-refractivity contribution in [2.45, 2.75) is 19.9 Å². The van der Waals surface area contributed by atoms with Crippen molar-refractivity contribution in [1.82, 2.24) is 4.90 Å². The third kappa shape index (κ3) is 4.11. The fraction of sp³-hybridized carbons (Fsp3) is 0.125. The molecule has 5 nitrogen and oxygen atoms in total. The molecule has 150 valence electrons. The van der Waals surface area contributed by atoms with Gasteiger partial charge in [0.2, 0.25) is 5.91 Å². The van der Waals surface area contributed by atoms with Crippen molar-refractivity contribution in [2.24, 2.45) is 0 Å². The van der Waals surface area contributed by atoms with E-state index in [0.29, 0.717) is 21.8 Å². The van der Waals surface area contributed by atoms with Gasteiger partial charge in [-0.05, 0) is 60.5 Å². The summed E-state index contributed by atoms with van der Waals surface area (Å²) in [5.74, 6) is -0.858. The summed E-state index contributed by atoms with van der Waals surface area (Å²) in [5.41, 5.74) is 4.23. The molecule has 3 aromatic rings. The molecular formula is C24H19ClN2O3. The number of halogens is 1. The molecule has 1 heterocycles. The quantitative estimate of drug-likeness (QED) is 0.631. The molecule has 4 rings (SSSR count). The van der Waals surface area contributed by atoms with E-state index in [-0.39, 0.29) is 30.7 Å². The van der Waals surface area contributed by atoms with Gasteiger partial charge in [-0.1, -0.05) is 41.4 Å². The van der Waals surface area contributed by atoms with Gasteiger partial charge >= 0.3 is 0 Å². The average Bonchev–Trinajstić information content (AvgIpc) is 2.73. The van der Waals surface area contributed by atoms with Gasteiger partial charge in [-0.25, -0.2) is 0 Å². The van der Waals surface area contributed by atoms with Gasteiger partial charge in [0.1, 0.15) is 0 Å². The molecule has 6 heteroatoms. The molecule has 0 aliphatic carbocycles. The topological polar surface area (TPSA) is 66.5 Å². The maximum absolute atomic E-state index is 12.8. The van der Waals surface area contributed by atoms with Crippen LogP contribution in [-0.4, -0.2) is 22.6 Å². The zero-order valence-electron chi connectivity index (χ0n) is 16.3. The molecule has 0 spiro atoms.